The van der Waals surface area contributed by atoms with Crippen molar-refractivity contribution < 1.29 is 14.3 Å². The molecule has 14 heavy (non-hydrogen) atoms. The Bertz CT molecular complexity index is 331. The number of thioether (sulfide) groups is 1. The molecular formula is C10H12O3S. The Morgan fingerprint density at radius 2 is 2.14 bits per heavy atom. The number of cyclic esters (lactones) is 1. The molecule has 4 heteroatoms. The summed E-state index contributed by atoms with van der Waals surface area (Å²) in [5.41, 5.74) is -0.196. The minimum Gasteiger partial charge on any atom is -0.464 e. The molecule has 0 aromatic rings. The predicted molar refractivity (Wildman–Crippen MR) is 51.0 cm³/mol. The average molecular weight is 212 g/mol. The molecule has 0 amide bonds. The summed E-state index contributed by atoms with van der Waals surface area (Å²) in [4.78, 5) is 11.9. The third-order valence-electron chi connectivity index (χ3n) is 4.59. The van der Waals surface area contributed by atoms with Gasteiger partial charge in [-0.2, -0.15) is 11.8 Å². The van der Waals surface area contributed by atoms with Crippen LogP contribution in [0.1, 0.15) is 12.8 Å². The summed E-state index contributed by atoms with van der Waals surface area (Å²) in [5.74, 6) is 2.00. The Labute approximate surface area is 86.5 Å². The van der Waals surface area contributed by atoms with Gasteiger partial charge in [-0.25, -0.2) is 0 Å². The molecule has 4 unspecified atom stereocenters. The lowest BCUT2D eigenvalue weighted by atomic mass is 9.59. The summed E-state index contributed by atoms with van der Waals surface area (Å²) in [6.07, 6.45) is 2.65. The molecule has 0 radical (unpaired) electrons. The Morgan fingerprint density at radius 3 is 3.00 bits per heavy atom. The standard InChI is InChI=1S/C10H12O3S/c11-8-10-5-14-4-9(10,3-12-8)6-1-2-7(10)13-6/h6-7H,1-5H2. The van der Waals surface area contributed by atoms with Crippen LogP contribution in [0.4, 0.5) is 0 Å². The first kappa shape index (κ1) is 7.99. The Hall–Kier alpha value is -0.220. The van der Waals surface area contributed by atoms with Crippen molar-refractivity contribution in [2.45, 2.75) is 25.0 Å². The normalized spacial score (nSPS) is 58.7. The predicted octanol–water partition coefficient (Wildman–Crippen LogP) is 0.824. The topological polar surface area (TPSA) is 35.5 Å². The van der Waals surface area contributed by atoms with Gasteiger partial charge in [-0.05, 0) is 12.8 Å². The fourth-order valence-corrected chi connectivity index (χ4v) is 5.75. The van der Waals surface area contributed by atoms with Crippen molar-refractivity contribution in [2.24, 2.45) is 10.8 Å². The summed E-state index contributed by atoms with van der Waals surface area (Å²) in [6.45, 7) is 0.611. The highest BCUT2D eigenvalue weighted by atomic mass is 32.2. The van der Waals surface area contributed by atoms with E-state index in [4.69, 9.17) is 9.47 Å². The monoisotopic (exact) mass is 212 g/mol. The van der Waals surface area contributed by atoms with E-state index in [1.807, 2.05) is 11.8 Å². The van der Waals surface area contributed by atoms with Gasteiger partial charge < -0.3 is 9.47 Å². The molecule has 0 aromatic carbocycles. The Morgan fingerprint density at radius 1 is 1.29 bits per heavy atom. The third kappa shape index (κ3) is 0.552. The highest BCUT2D eigenvalue weighted by Gasteiger charge is 2.78. The molecule has 76 valence electrons. The summed E-state index contributed by atoms with van der Waals surface area (Å²) < 4.78 is 11.3. The minimum atomic E-state index is -0.249. The van der Waals surface area contributed by atoms with Gasteiger partial charge in [-0.1, -0.05) is 0 Å². The second-order valence-electron chi connectivity index (χ2n) is 4.89. The first-order chi connectivity index (χ1) is 6.80. The maximum atomic E-state index is 11.9. The number of hydrogen-bond donors (Lipinski definition) is 0. The van der Waals surface area contributed by atoms with Gasteiger partial charge in [0.2, 0.25) is 0 Å². The largest absolute Gasteiger partial charge is 0.464 e. The maximum absolute atomic E-state index is 11.9. The van der Waals surface area contributed by atoms with Crippen molar-refractivity contribution in [3.8, 4) is 0 Å². The van der Waals surface area contributed by atoms with Crippen molar-refractivity contribution in [2.75, 3.05) is 18.1 Å². The lowest BCUT2D eigenvalue weighted by molar-refractivity contribution is -0.149. The molecule has 4 rings (SSSR count). The van der Waals surface area contributed by atoms with Gasteiger partial charge in [-0.3, -0.25) is 4.79 Å². The van der Waals surface area contributed by atoms with Crippen LogP contribution in [0.25, 0.3) is 0 Å². The lowest BCUT2D eigenvalue weighted by Gasteiger charge is -2.35. The fourth-order valence-electron chi connectivity index (χ4n) is 3.85. The molecule has 4 atom stereocenters. The molecule has 2 bridgehead atoms. The van der Waals surface area contributed by atoms with Gasteiger partial charge in [0.15, 0.2) is 0 Å². The smallest absolute Gasteiger partial charge is 0.316 e. The quantitative estimate of drug-likeness (QED) is 0.557. The molecule has 0 N–H and O–H groups in total. The molecule has 0 saturated carbocycles. The Kier molecular flexibility index (Phi) is 1.22. The molecule has 3 nitrogen and oxygen atoms in total. The molecule has 4 saturated heterocycles. The second-order valence-corrected chi connectivity index (χ2v) is 5.87. The van der Waals surface area contributed by atoms with Crippen LogP contribution in [-0.2, 0) is 14.3 Å². The number of hydrogen-bond acceptors (Lipinski definition) is 4. The van der Waals surface area contributed by atoms with Crippen LogP contribution in [0, 0.1) is 10.8 Å². The van der Waals surface area contributed by atoms with Crippen LogP contribution in [0.15, 0.2) is 0 Å². The first-order valence-corrected chi connectivity index (χ1v) is 6.35. The van der Waals surface area contributed by atoms with Crippen LogP contribution < -0.4 is 0 Å². The van der Waals surface area contributed by atoms with Crippen molar-refractivity contribution in [1.82, 2.24) is 0 Å². The molecule has 4 heterocycles. The zero-order valence-corrected chi connectivity index (χ0v) is 8.64. The van der Waals surface area contributed by atoms with Crippen molar-refractivity contribution >= 4 is 17.7 Å². The van der Waals surface area contributed by atoms with E-state index in [9.17, 15) is 4.79 Å². The number of ether oxygens (including phenoxy) is 2. The highest BCUT2D eigenvalue weighted by molar-refractivity contribution is 7.99. The van der Waals surface area contributed by atoms with E-state index in [1.54, 1.807) is 0 Å². The van der Waals surface area contributed by atoms with E-state index in [1.165, 1.54) is 0 Å². The van der Waals surface area contributed by atoms with Gasteiger partial charge >= 0.3 is 5.97 Å². The summed E-state index contributed by atoms with van der Waals surface area (Å²) in [5, 5.41) is 0. The SMILES string of the molecule is O=C1OCC23CSCC12C1CCC3O1. The number of carbonyl (C=O) groups is 1. The minimum absolute atomic E-state index is 0.0229. The zero-order valence-electron chi connectivity index (χ0n) is 7.82. The van der Waals surface area contributed by atoms with E-state index in [0.29, 0.717) is 12.7 Å². The average Bonchev–Trinajstić information content (AvgIpc) is 2.84. The molecule has 4 aliphatic rings. The van der Waals surface area contributed by atoms with Gasteiger partial charge in [0.25, 0.3) is 0 Å². The van der Waals surface area contributed by atoms with Crippen LogP contribution in [0.2, 0.25) is 0 Å². The van der Waals surface area contributed by atoms with E-state index < -0.39 is 0 Å². The molecule has 0 aromatic heterocycles. The molecule has 4 fully saturated rings. The maximum Gasteiger partial charge on any atom is 0.316 e. The van der Waals surface area contributed by atoms with Gasteiger partial charge in [-0.15, -0.1) is 0 Å². The van der Waals surface area contributed by atoms with E-state index in [2.05, 4.69) is 0 Å². The van der Waals surface area contributed by atoms with Crippen molar-refractivity contribution in [3.63, 3.8) is 0 Å². The number of fused-ring (bicyclic) bond motifs is 2. The lowest BCUT2D eigenvalue weighted by Crippen LogP contribution is -2.50. The number of carbonyl (C=O) groups excluding carboxylic acids is 1. The van der Waals surface area contributed by atoms with Crippen LogP contribution in [0.5, 0.6) is 0 Å². The zero-order chi connectivity index (χ0) is 9.39. The van der Waals surface area contributed by atoms with Crippen molar-refractivity contribution in [1.29, 1.82) is 0 Å². The summed E-state index contributed by atoms with van der Waals surface area (Å²) in [6, 6.07) is 0. The van der Waals surface area contributed by atoms with Gasteiger partial charge in [0, 0.05) is 11.5 Å². The van der Waals surface area contributed by atoms with Gasteiger partial charge in [0.1, 0.15) is 12.0 Å². The molecular weight excluding hydrogens is 200 g/mol. The Balaban J connectivity index is 1.96. The molecule has 4 aliphatic heterocycles. The van der Waals surface area contributed by atoms with E-state index >= 15 is 0 Å². The van der Waals surface area contributed by atoms with Crippen LogP contribution >= 0.6 is 11.8 Å². The third-order valence-corrected chi connectivity index (χ3v) is 5.97. The van der Waals surface area contributed by atoms with E-state index in [0.717, 1.165) is 24.3 Å². The van der Waals surface area contributed by atoms with Crippen molar-refractivity contribution in [3.05, 3.63) is 0 Å². The van der Waals surface area contributed by atoms with Crippen LogP contribution in [0.3, 0.4) is 0 Å². The first-order valence-electron chi connectivity index (χ1n) is 5.20. The highest BCUT2D eigenvalue weighted by Crippen LogP contribution is 2.68. The second kappa shape index (κ2) is 2.14. The van der Waals surface area contributed by atoms with E-state index in [-0.39, 0.29) is 22.9 Å². The molecule has 0 spiro atoms. The molecule has 0 aliphatic carbocycles. The fraction of sp³-hybridized carbons (Fsp3) is 0.900. The summed E-state index contributed by atoms with van der Waals surface area (Å²) in [7, 11) is 0. The number of rotatable bonds is 0. The van der Waals surface area contributed by atoms with Gasteiger partial charge in [0.05, 0.1) is 17.6 Å². The van der Waals surface area contributed by atoms with Crippen LogP contribution in [-0.4, -0.2) is 36.3 Å². The number of esters is 1. The summed E-state index contributed by atoms with van der Waals surface area (Å²) >= 11 is 1.91.